The Morgan fingerprint density at radius 1 is 1.14 bits per heavy atom. The van der Waals surface area contributed by atoms with Gasteiger partial charge in [-0.2, -0.15) is 0 Å². The predicted molar refractivity (Wildman–Crippen MR) is 114 cm³/mol. The molecule has 1 N–H and O–H groups in total. The van der Waals surface area contributed by atoms with E-state index in [2.05, 4.69) is 26.0 Å². The average molecular weight is 397 g/mol. The lowest BCUT2D eigenvalue weighted by molar-refractivity contribution is -0.134. The molecule has 3 fully saturated rings. The second kappa shape index (κ2) is 6.83. The molecule has 0 heterocycles. The summed E-state index contributed by atoms with van der Waals surface area (Å²) in [5.41, 5.74) is 2.93. The Morgan fingerprint density at radius 2 is 1.93 bits per heavy atom. The number of carbonyl (C=O) groups is 1. The fourth-order valence-corrected chi connectivity index (χ4v) is 8.06. The van der Waals surface area contributed by atoms with Crippen LogP contribution in [0.4, 0.5) is 0 Å². The molecule has 3 atom stereocenters. The van der Waals surface area contributed by atoms with Crippen LogP contribution >= 0.6 is 0 Å². The third kappa shape index (κ3) is 2.69. The zero-order valence-corrected chi connectivity index (χ0v) is 18.1. The molecule has 0 unspecified atom stereocenters. The van der Waals surface area contributed by atoms with Gasteiger partial charge in [0.15, 0.2) is 0 Å². The molecule has 0 amide bonds. The van der Waals surface area contributed by atoms with E-state index in [1.165, 1.54) is 36.8 Å². The first-order valence-electron chi connectivity index (χ1n) is 12.0. The van der Waals surface area contributed by atoms with E-state index in [9.17, 15) is 9.90 Å². The van der Waals surface area contributed by atoms with Crippen molar-refractivity contribution >= 4 is 5.97 Å². The fourth-order valence-electron chi connectivity index (χ4n) is 8.06. The Hall–Kier alpha value is -1.35. The summed E-state index contributed by atoms with van der Waals surface area (Å²) in [4.78, 5) is 12.1. The molecule has 1 aromatic carbocycles. The highest BCUT2D eigenvalue weighted by Gasteiger charge is 2.73. The molecule has 0 aromatic heterocycles. The van der Waals surface area contributed by atoms with Gasteiger partial charge in [-0.3, -0.25) is 4.79 Å². The lowest BCUT2D eigenvalue weighted by Crippen LogP contribution is -2.51. The number of ether oxygens (including phenoxy) is 1. The van der Waals surface area contributed by atoms with Gasteiger partial charge in [0.1, 0.15) is 5.75 Å². The minimum absolute atomic E-state index is 0.101. The maximum absolute atomic E-state index is 12.1. The summed E-state index contributed by atoms with van der Waals surface area (Å²) in [5.74, 6) is 1.93. The maximum atomic E-state index is 12.1. The summed E-state index contributed by atoms with van der Waals surface area (Å²) in [6.07, 6.45) is 12.7. The number of hydrogen-bond donors (Lipinski definition) is 1. The van der Waals surface area contributed by atoms with Crippen LogP contribution in [0.25, 0.3) is 0 Å². The third-order valence-electron chi connectivity index (χ3n) is 9.70. The van der Waals surface area contributed by atoms with Crippen molar-refractivity contribution in [1.29, 1.82) is 0 Å². The van der Waals surface area contributed by atoms with E-state index in [4.69, 9.17) is 4.74 Å². The Balaban J connectivity index is 1.36. The number of rotatable bonds is 5. The molecule has 2 bridgehead atoms. The second-order valence-electron chi connectivity index (χ2n) is 10.6. The van der Waals surface area contributed by atoms with E-state index in [-0.39, 0.29) is 11.4 Å². The Labute approximate surface area is 175 Å². The first-order valence-corrected chi connectivity index (χ1v) is 12.0. The zero-order chi connectivity index (χ0) is 20.3. The number of unbranched alkanes of at least 4 members (excludes halogenated alkanes) is 2. The Bertz CT molecular complexity index is 804. The SMILES string of the molecule is CCCCCC(=O)Oc1ccc2c(c1)CC[C@@H]1[C@@H]2CC[C@]2(C)C3(O)CCC12CC3. The standard InChI is InChI=1S/C26H36O3/c1-3-4-5-6-23(27)29-19-8-9-20-18(17-19)7-10-22-21(20)11-12-24(2)25(22)13-15-26(24,28)16-14-25/h8-9,17,21-22,28H,3-7,10-16H2,1-2H3/t21-,22-,24+,25?,26?/m1/s1. The van der Waals surface area contributed by atoms with Gasteiger partial charge in [-0.15, -0.1) is 0 Å². The summed E-state index contributed by atoms with van der Waals surface area (Å²) in [7, 11) is 0. The molecule has 158 valence electrons. The van der Waals surface area contributed by atoms with Crippen molar-refractivity contribution in [2.75, 3.05) is 0 Å². The monoisotopic (exact) mass is 396 g/mol. The normalized spacial score (nSPS) is 39.6. The summed E-state index contributed by atoms with van der Waals surface area (Å²) >= 11 is 0. The van der Waals surface area contributed by atoms with E-state index in [1.807, 2.05) is 6.07 Å². The maximum Gasteiger partial charge on any atom is 0.311 e. The highest BCUT2D eigenvalue weighted by molar-refractivity contribution is 5.72. The largest absolute Gasteiger partial charge is 0.427 e. The van der Waals surface area contributed by atoms with Crippen LogP contribution in [-0.2, 0) is 11.2 Å². The van der Waals surface area contributed by atoms with Crippen molar-refractivity contribution < 1.29 is 14.6 Å². The number of aliphatic hydroxyl groups is 1. The van der Waals surface area contributed by atoms with Crippen LogP contribution in [0, 0.1) is 16.7 Å². The van der Waals surface area contributed by atoms with Crippen LogP contribution in [0.3, 0.4) is 0 Å². The molecule has 1 aromatic rings. The molecule has 0 saturated heterocycles. The van der Waals surface area contributed by atoms with Gasteiger partial charge in [0.25, 0.3) is 0 Å². The van der Waals surface area contributed by atoms with E-state index >= 15 is 0 Å². The summed E-state index contributed by atoms with van der Waals surface area (Å²) < 4.78 is 5.64. The molecule has 3 heteroatoms. The van der Waals surface area contributed by atoms with Gasteiger partial charge in [-0.25, -0.2) is 0 Å². The molecule has 5 rings (SSSR count). The number of hydrogen-bond acceptors (Lipinski definition) is 3. The molecule has 3 nitrogen and oxygen atoms in total. The van der Waals surface area contributed by atoms with Gasteiger partial charge >= 0.3 is 5.97 Å². The van der Waals surface area contributed by atoms with Crippen LogP contribution in [0.2, 0.25) is 0 Å². The van der Waals surface area contributed by atoms with Crippen LogP contribution < -0.4 is 4.74 Å². The zero-order valence-electron chi connectivity index (χ0n) is 18.1. The minimum Gasteiger partial charge on any atom is -0.427 e. The number of benzene rings is 1. The predicted octanol–water partition coefficient (Wildman–Crippen LogP) is 5.92. The third-order valence-corrected chi connectivity index (χ3v) is 9.70. The van der Waals surface area contributed by atoms with Crippen LogP contribution in [-0.4, -0.2) is 16.7 Å². The van der Waals surface area contributed by atoms with Crippen molar-refractivity contribution in [2.45, 2.75) is 102 Å². The Morgan fingerprint density at radius 3 is 2.69 bits per heavy atom. The van der Waals surface area contributed by atoms with E-state index < -0.39 is 5.60 Å². The van der Waals surface area contributed by atoms with Gasteiger partial charge in [-0.05, 0) is 98.3 Å². The van der Waals surface area contributed by atoms with Crippen LogP contribution in [0.15, 0.2) is 18.2 Å². The topological polar surface area (TPSA) is 46.5 Å². The molecule has 3 saturated carbocycles. The number of fused-ring (bicyclic) bond motifs is 3. The lowest BCUT2D eigenvalue weighted by Gasteiger charge is -2.56. The quantitative estimate of drug-likeness (QED) is 0.381. The van der Waals surface area contributed by atoms with Crippen molar-refractivity contribution in [3.63, 3.8) is 0 Å². The van der Waals surface area contributed by atoms with Gasteiger partial charge in [0, 0.05) is 11.8 Å². The van der Waals surface area contributed by atoms with Crippen molar-refractivity contribution in [2.24, 2.45) is 16.7 Å². The van der Waals surface area contributed by atoms with Gasteiger partial charge in [0.2, 0.25) is 0 Å². The molecular formula is C26H36O3. The lowest BCUT2D eigenvalue weighted by atomic mass is 9.48. The number of aryl methyl sites for hydroxylation is 1. The number of esters is 1. The van der Waals surface area contributed by atoms with Crippen molar-refractivity contribution in [3.05, 3.63) is 29.3 Å². The summed E-state index contributed by atoms with van der Waals surface area (Å²) in [6, 6.07) is 6.40. The van der Waals surface area contributed by atoms with E-state index in [0.717, 1.165) is 50.7 Å². The van der Waals surface area contributed by atoms with Gasteiger partial charge in [-0.1, -0.05) is 32.8 Å². The first-order chi connectivity index (χ1) is 13.9. The molecule has 0 spiro atoms. The highest BCUT2D eigenvalue weighted by Crippen LogP contribution is 2.77. The molecule has 4 aliphatic carbocycles. The van der Waals surface area contributed by atoms with Gasteiger partial charge < -0.3 is 9.84 Å². The van der Waals surface area contributed by atoms with E-state index in [1.54, 1.807) is 0 Å². The smallest absolute Gasteiger partial charge is 0.311 e. The minimum atomic E-state index is -0.409. The van der Waals surface area contributed by atoms with Crippen LogP contribution in [0.5, 0.6) is 5.75 Å². The fraction of sp³-hybridized carbons (Fsp3) is 0.731. The molecule has 0 aliphatic heterocycles. The molecule has 29 heavy (non-hydrogen) atoms. The van der Waals surface area contributed by atoms with E-state index in [0.29, 0.717) is 23.7 Å². The average Bonchev–Trinajstić information content (AvgIpc) is 3.09. The first kappa shape index (κ1) is 19.6. The van der Waals surface area contributed by atoms with Crippen molar-refractivity contribution in [1.82, 2.24) is 0 Å². The summed E-state index contributed by atoms with van der Waals surface area (Å²) in [6.45, 7) is 4.55. The highest BCUT2D eigenvalue weighted by atomic mass is 16.5. The van der Waals surface area contributed by atoms with Crippen LogP contribution in [0.1, 0.15) is 102 Å². The molecule has 0 radical (unpaired) electrons. The number of carbonyl (C=O) groups excluding carboxylic acids is 1. The molecular weight excluding hydrogens is 360 g/mol. The molecule has 4 aliphatic rings. The Kier molecular flexibility index (Phi) is 4.62. The second-order valence-corrected chi connectivity index (χ2v) is 10.6. The van der Waals surface area contributed by atoms with Crippen molar-refractivity contribution in [3.8, 4) is 5.75 Å². The summed E-state index contributed by atoms with van der Waals surface area (Å²) in [5, 5.41) is 11.3. The van der Waals surface area contributed by atoms with Gasteiger partial charge in [0.05, 0.1) is 5.60 Å².